The third-order valence-corrected chi connectivity index (χ3v) is 7.52. The number of hydrogen-bond acceptors (Lipinski definition) is 5. The number of nitrogens with one attached hydrogen (secondary N) is 2. The molecule has 1 unspecified atom stereocenters. The van der Waals surface area contributed by atoms with Crippen molar-refractivity contribution < 1.29 is 19.1 Å². The van der Waals surface area contributed by atoms with Crippen LogP contribution in [0, 0.1) is 5.92 Å². The monoisotopic (exact) mass is 527 g/mol. The molecule has 0 radical (unpaired) electrons. The Balaban J connectivity index is 1.14. The van der Waals surface area contributed by atoms with Crippen LogP contribution in [0.5, 0.6) is 5.75 Å². The van der Waals surface area contributed by atoms with E-state index < -0.39 is 6.09 Å². The van der Waals surface area contributed by atoms with Gasteiger partial charge in [-0.2, -0.15) is 0 Å². The highest BCUT2D eigenvalue weighted by molar-refractivity contribution is 6.06. The molecule has 1 saturated heterocycles. The lowest BCUT2D eigenvalue weighted by Crippen LogP contribution is -2.53. The van der Waals surface area contributed by atoms with Gasteiger partial charge in [0.25, 0.3) is 5.91 Å². The van der Waals surface area contributed by atoms with Crippen LogP contribution in [-0.2, 0) is 11.3 Å². The molecule has 2 aliphatic rings. The number of benzene rings is 3. The Kier molecular flexibility index (Phi) is 8.17. The number of ether oxygens (including phenoxy) is 2. The van der Waals surface area contributed by atoms with Crippen molar-refractivity contribution in [2.45, 2.75) is 57.8 Å². The van der Waals surface area contributed by atoms with Gasteiger partial charge in [-0.15, -0.1) is 0 Å². The van der Waals surface area contributed by atoms with E-state index in [9.17, 15) is 9.59 Å². The Hall–Kier alpha value is -3.84. The quantitative estimate of drug-likeness (QED) is 0.323. The third-order valence-electron chi connectivity index (χ3n) is 7.52. The van der Waals surface area contributed by atoms with Crippen molar-refractivity contribution in [3.8, 4) is 5.75 Å². The van der Waals surface area contributed by atoms with Gasteiger partial charge in [0.1, 0.15) is 18.5 Å². The SMILES string of the molecule is CC1(C)CC(Oc2ccc(C(=O)Nc3ccccc3NC(=O)OCc3ccccc3)cc2)CCN1CC1CC1. The Morgan fingerprint density at radius 1 is 0.872 bits per heavy atom. The van der Waals surface area contributed by atoms with Gasteiger partial charge in [-0.25, -0.2) is 4.79 Å². The minimum Gasteiger partial charge on any atom is -0.490 e. The molecule has 2 amide bonds. The number of piperidine rings is 1. The summed E-state index contributed by atoms with van der Waals surface area (Å²) in [6.45, 7) is 7.05. The largest absolute Gasteiger partial charge is 0.490 e. The predicted molar refractivity (Wildman–Crippen MR) is 153 cm³/mol. The first kappa shape index (κ1) is 26.8. The fraction of sp³-hybridized carbons (Fsp3) is 0.375. The number of rotatable bonds is 9. The van der Waals surface area contributed by atoms with E-state index in [0.29, 0.717) is 16.9 Å². The number of carbonyl (C=O) groups excluding carboxylic acids is 2. The Labute approximate surface area is 230 Å². The Morgan fingerprint density at radius 3 is 2.21 bits per heavy atom. The second kappa shape index (κ2) is 11.9. The summed E-state index contributed by atoms with van der Waals surface area (Å²) in [5.74, 6) is 1.38. The van der Waals surface area contributed by atoms with E-state index in [2.05, 4.69) is 29.4 Å². The second-order valence-electron chi connectivity index (χ2n) is 11.1. The van der Waals surface area contributed by atoms with Crippen LogP contribution in [0.4, 0.5) is 16.2 Å². The average molecular weight is 528 g/mol. The van der Waals surface area contributed by atoms with Gasteiger partial charge in [0.2, 0.25) is 0 Å². The molecule has 204 valence electrons. The highest BCUT2D eigenvalue weighted by Crippen LogP contribution is 2.36. The zero-order valence-corrected chi connectivity index (χ0v) is 22.7. The molecule has 7 nitrogen and oxygen atoms in total. The molecule has 3 aromatic rings. The minimum atomic E-state index is -0.594. The highest BCUT2D eigenvalue weighted by atomic mass is 16.5. The summed E-state index contributed by atoms with van der Waals surface area (Å²) in [5, 5.41) is 5.60. The predicted octanol–water partition coefficient (Wildman–Crippen LogP) is 6.72. The lowest BCUT2D eigenvalue weighted by atomic mass is 9.88. The number of carbonyl (C=O) groups is 2. The van der Waals surface area contributed by atoms with E-state index in [1.54, 1.807) is 36.4 Å². The average Bonchev–Trinajstić information content (AvgIpc) is 3.75. The fourth-order valence-corrected chi connectivity index (χ4v) is 5.08. The number of hydrogen-bond donors (Lipinski definition) is 2. The van der Waals surface area contributed by atoms with E-state index in [-0.39, 0.29) is 24.2 Å². The highest BCUT2D eigenvalue weighted by Gasteiger charge is 2.38. The zero-order chi connectivity index (χ0) is 27.2. The molecule has 5 rings (SSSR count). The van der Waals surface area contributed by atoms with Gasteiger partial charge in [-0.05, 0) is 81.0 Å². The van der Waals surface area contributed by atoms with E-state index in [4.69, 9.17) is 9.47 Å². The van der Waals surface area contributed by atoms with E-state index >= 15 is 0 Å². The second-order valence-corrected chi connectivity index (χ2v) is 11.1. The molecule has 0 aromatic heterocycles. The summed E-state index contributed by atoms with van der Waals surface area (Å²) in [5.41, 5.74) is 2.47. The van der Waals surface area contributed by atoms with Gasteiger partial charge in [-0.1, -0.05) is 42.5 Å². The maximum atomic E-state index is 13.0. The van der Waals surface area contributed by atoms with Crippen LogP contribution in [0.25, 0.3) is 0 Å². The lowest BCUT2D eigenvalue weighted by molar-refractivity contribution is 0.00604. The number of anilines is 2. The number of likely N-dealkylation sites (tertiary alicyclic amines) is 1. The Bertz CT molecular complexity index is 1270. The molecular weight excluding hydrogens is 490 g/mol. The van der Waals surface area contributed by atoms with E-state index in [1.807, 2.05) is 42.5 Å². The van der Waals surface area contributed by atoms with Gasteiger partial charge in [0.15, 0.2) is 0 Å². The lowest BCUT2D eigenvalue weighted by Gasteiger charge is -2.45. The van der Waals surface area contributed by atoms with Crippen molar-refractivity contribution in [2.24, 2.45) is 5.92 Å². The van der Waals surface area contributed by atoms with Crippen molar-refractivity contribution in [3.05, 3.63) is 90.0 Å². The van der Waals surface area contributed by atoms with Gasteiger partial charge >= 0.3 is 6.09 Å². The first-order chi connectivity index (χ1) is 18.9. The fourth-order valence-electron chi connectivity index (χ4n) is 5.08. The van der Waals surface area contributed by atoms with Gasteiger partial charge in [0, 0.05) is 30.6 Å². The molecule has 2 N–H and O–H groups in total. The zero-order valence-electron chi connectivity index (χ0n) is 22.7. The van der Waals surface area contributed by atoms with Gasteiger partial charge in [-0.3, -0.25) is 15.0 Å². The van der Waals surface area contributed by atoms with Crippen LogP contribution in [0.1, 0.15) is 55.5 Å². The molecule has 0 spiro atoms. The maximum Gasteiger partial charge on any atom is 0.412 e. The number of para-hydroxylation sites is 2. The van der Waals surface area contributed by atoms with Crippen molar-refractivity contribution in [1.29, 1.82) is 0 Å². The molecule has 39 heavy (non-hydrogen) atoms. The summed E-state index contributed by atoms with van der Waals surface area (Å²) < 4.78 is 11.6. The molecule has 1 saturated carbocycles. The van der Waals surface area contributed by atoms with E-state index in [1.165, 1.54) is 19.4 Å². The first-order valence-electron chi connectivity index (χ1n) is 13.8. The number of amides is 2. The summed E-state index contributed by atoms with van der Waals surface area (Å²) in [6, 6.07) is 23.7. The van der Waals surface area contributed by atoms with Crippen molar-refractivity contribution in [1.82, 2.24) is 4.90 Å². The van der Waals surface area contributed by atoms with Crippen molar-refractivity contribution in [3.63, 3.8) is 0 Å². The summed E-state index contributed by atoms with van der Waals surface area (Å²) >= 11 is 0. The van der Waals surface area contributed by atoms with Crippen LogP contribution in [0.2, 0.25) is 0 Å². The van der Waals surface area contributed by atoms with Crippen LogP contribution in [-0.4, -0.2) is 41.6 Å². The topological polar surface area (TPSA) is 79.9 Å². The Morgan fingerprint density at radius 2 is 1.54 bits per heavy atom. The van der Waals surface area contributed by atoms with Gasteiger partial charge < -0.3 is 14.8 Å². The maximum absolute atomic E-state index is 13.0. The molecule has 2 fully saturated rings. The summed E-state index contributed by atoms with van der Waals surface area (Å²) in [4.78, 5) is 27.9. The molecule has 1 aliphatic carbocycles. The molecule has 3 aromatic carbocycles. The summed E-state index contributed by atoms with van der Waals surface area (Å²) in [6.07, 6.45) is 4.31. The smallest absolute Gasteiger partial charge is 0.412 e. The number of nitrogens with zero attached hydrogens (tertiary/aromatic N) is 1. The molecule has 1 aliphatic heterocycles. The molecule has 1 heterocycles. The normalized spacial score (nSPS) is 18.7. The third kappa shape index (κ3) is 7.39. The molecule has 7 heteroatoms. The van der Waals surface area contributed by atoms with Crippen LogP contribution < -0.4 is 15.4 Å². The summed E-state index contributed by atoms with van der Waals surface area (Å²) in [7, 11) is 0. The van der Waals surface area contributed by atoms with Crippen molar-refractivity contribution in [2.75, 3.05) is 23.7 Å². The molecule has 1 atom stereocenters. The van der Waals surface area contributed by atoms with Crippen LogP contribution >= 0.6 is 0 Å². The van der Waals surface area contributed by atoms with Crippen LogP contribution in [0.3, 0.4) is 0 Å². The first-order valence-corrected chi connectivity index (χ1v) is 13.8. The molecule has 0 bridgehead atoms. The van der Waals surface area contributed by atoms with Gasteiger partial charge in [0.05, 0.1) is 11.4 Å². The van der Waals surface area contributed by atoms with Crippen LogP contribution in [0.15, 0.2) is 78.9 Å². The standard InChI is InChI=1S/C32H37N3O4/c1-32(2)20-27(18-19-35(32)21-23-12-13-23)39-26-16-14-25(15-17-26)30(36)33-28-10-6-7-11-29(28)34-31(37)38-22-24-8-4-3-5-9-24/h3-11,14-17,23,27H,12-13,18-22H2,1-2H3,(H,33,36)(H,34,37). The molecular formula is C32H37N3O4. The van der Waals surface area contributed by atoms with E-state index in [0.717, 1.165) is 36.6 Å². The van der Waals surface area contributed by atoms with Crippen molar-refractivity contribution >= 4 is 23.4 Å². The minimum absolute atomic E-state index is 0.126.